The first kappa shape index (κ1) is 13.5. The highest BCUT2D eigenvalue weighted by molar-refractivity contribution is 5.13. The average molecular weight is 253 g/mol. The van der Waals surface area contributed by atoms with E-state index in [4.69, 9.17) is 5.73 Å². The molecule has 18 heavy (non-hydrogen) atoms. The van der Waals surface area contributed by atoms with Crippen LogP contribution >= 0.6 is 0 Å². The summed E-state index contributed by atoms with van der Waals surface area (Å²) in [6.45, 7) is 4.94. The minimum Gasteiger partial charge on any atom is -0.328 e. The Morgan fingerprint density at radius 3 is 2.67 bits per heavy atom. The number of aromatic nitrogens is 2. The van der Waals surface area contributed by atoms with Gasteiger partial charge in [0.1, 0.15) is 5.67 Å². The van der Waals surface area contributed by atoms with Gasteiger partial charge in [-0.05, 0) is 45.1 Å². The maximum atomic E-state index is 14.8. The van der Waals surface area contributed by atoms with Crippen LogP contribution in [-0.2, 0) is 19.4 Å². The van der Waals surface area contributed by atoms with Crippen LogP contribution in [0, 0.1) is 0 Å². The quantitative estimate of drug-likeness (QED) is 0.896. The molecule has 0 saturated heterocycles. The molecule has 1 saturated carbocycles. The zero-order valence-corrected chi connectivity index (χ0v) is 11.5. The first-order valence-corrected chi connectivity index (χ1v) is 7.06. The van der Waals surface area contributed by atoms with Crippen LogP contribution in [-0.4, -0.2) is 21.5 Å². The molecule has 0 amide bonds. The number of rotatable bonds is 4. The molecule has 1 heterocycles. The summed E-state index contributed by atoms with van der Waals surface area (Å²) in [7, 11) is 0. The molecule has 0 atom stereocenters. The normalized spacial score (nSPS) is 28.6. The highest BCUT2D eigenvalue weighted by Crippen LogP contribution is 2.34. The molecule has 0 aromatic carbocycles. The molecule has 1 aromatic heterocycles. The molecule has 0 unspecified atom stereocenters. The Morgan fingerprint density at radius 2 is 2.11 bits per heavy atom. The minimum absolute atomic E-state index is 0.191. The van der Waals surface area contributed by atoms with Gasteiger partial charge in [-0.2, -0.15) is 5.10 Å². The molecule has 4 heteroatoms. The van der Waals surface area contributed by atoms with Crippen LogP contribution in [0.2, 0.25) is 0 Å². The van der Waals surface area contributed by atoms with Crippen molar-refractivity contribution in [3.05, 3.63) is 17.5 Å². The van der Waals surface area contributed by atoms with Crippen LogP contribution in [0.3, 0.4) is 0 Å². The second kappa shape index (κ2) is 5.39. The molecule has 0 bridgehead atoms. The largest absolute Gasteiger partial charge is 0.328 e. The Balaban J connectivity index is 2.10. The van der Waals surface area contributed by atoms with E-state index in [-0.39, 0.29) is 6.04 Å². The second-order valence-corrected chi connectivity index (χ2v) is 5.46. The lowest BCUT2D eigenvalue weighted by atomic mass is 9.81. The topological polar surface area (TPSA) is 43.8 Å². The van der Waals surface area contributed by atoms with Crippen LogP contribution in [0.1, 0.15) is 50.9 Å². The Kier molecular flexibility index (Phi) is 4.05. The Labute approximate surface area is 109 Å². The first-order valence-electron chi connectivity index (χ1n) is 7.06. The van der Waals surface area contributed by atoms with Gasteiger partial charge < -0.3 is 5.73 Å². The Hall–Kier alpha value is -0.900. The highest BCUT2D eigenvalue weighted by atomic mass is 19.1. The van der Waals surface area contributed by atoms with Crippen LogP contribution < -0.4 is 5.73 Å². The van der Waals surface area contributed by atoms with Crippen LogP contribution in [0.15, 0.2) is 6.07 Å². The van der Waals surface area contributed by atoms with E-state index < -0.39 is 5.67 Å². The van der Waals surface area contributed by atoms with Gasteiger partial charge in [0.25, 0.3) is 0 Å². The van der Waals surface area contributed by atoms with E-state index in [1.165, 1.54) is 0 Å². The third-order valence-corrected chi connectivity index (χ3v) is 4.00. The number of aryl methyl sites for hydroxylation is 2. The van der Waals surface area contributed by atoms with E-state index in [1.54, 1.807) is 0 Å². The van der Waals surface area contributed by atoms with Gasteiger partial charge in [-0.25, -0.2) is 4.39 Å². The van der Waals surface area contributed by atoms with Crippen molar-refractivity contribution in [3.63, 3.8) is 0 Å². The molecule has 0 radical (unpaired) electrons. The molecule has 1 aliphatic carbocycles. The third kappa shape index (κ3) is 2.91. The highest BCUT2D eigenvalue weighted by Gasteiger charge is 2.35. The molecule has 3 nitrogen and oxygen atoms in total. The van der Waals surface area contributed by atoms with E-state index >= 15 is 0 Å². The third-order valence-electron chi connectivity index (χ3n) is 4.00. The fourth-order valence-corrected chi connectivity index (χ4v) is 2.76. The SMILES string of the molecule is CCc1cc(CC2(F)CCC(N)CC2)n(CC)n1. The summed E-state index contributed by atoms with van der Waals surface area (Å²) in [6.07, 6.45) is 4.18. The van der Waals surface area contributed by atoms with E-state index in [0.29, 0.717) is 19.3 Å². The molecule has 102 valence electrons. The molecule has 2 N–H and O–H groups in total. The van der Waals surface area contributed by atoms with Crippen molar-refractivity contribution < 1.29 is 4.39 Å². The molecule has 0 spiro atoms. The summed E-state index contributed by atoms with van der Waals surface area (Å²) >= 11 is 0. The molecular formula is C14H24FN3. The lowest BCUT2D eigenvalue weighted by Gasteiger charge is -2.32. The molecule has 1 aromatic rings. The van der Waals surface area contributed by atoms with Crippen LogP contribution in [0.25, 0.3) is 0 Å². The second-order valence-electron chi connectivity index (χ2n) is 5.46. The molecule has 0 aliphatic heterocycles. The maximum absolute atomic E-state index is 14.8. The summed E-state index contributed by atoms with van der Waals surface area (Å²) in [5, 5.41) is 4.48. The van der Waals surface area contributed by atoms with E-state index in [0.717, 1.165) is 37.2 Å². The zero-order chi connectivity index (χ0) is 13.2. The predicted octanol–water partition coefficient (Wildman–Crippen LogP) is 2.62. The van der Waals surface area contributed by atoms with Crippen molar-refractivity contribution in [2.24, 2.45) is 5.73 Å². The molecule has 1 aliphatic rings. The summed E-state index contributed by atoms with van der Waals surface area (Å²) < 4.78 is 16.7. The van der Waals surface area contributed by atoms with Crippen molar-refractivity contribution in [2.75, 3.05) is 0 Å². The van der Waals surface area contributed by atoms with Gasteiger partial charge in [0, 0.05) is 24.7 Å². The summed E-state index contributed by atoms with van der Waals surface area (Å²) in [4.78, 5) is 0. The smallest absolute Gasteiger partial charge is 0.116 e. The van der Waals surface area contributed by atoms with Gasteiger partial charge in [0.15, 0.2) is 0 Å². The Bertz CT molecular complexity index is 392. The van der Waals surface area contributed by atoms with E-state index in [9.17, 15) is 4.39 Å². The number of hydrogen-bond acceptors (Lipinski definition) is 2. The van der Waals surface area contributed by atoms with Crippen molar-refractivity contribution in [1.82, 2.24) is 9.78 Å². The summed E-state index contributed by atoms with van der Waals surface area (Å²) in [6, 6.07) is 2.25. The Morgan fingerprint density at radius 1 is 1.44 bits per heavy atom. The summed E-state index contributed by atoms with van der Waals surface area (Å²) in [5.74, 6) is 0. The first-order chi connectivity index (χ1) is 8.56. The van der Waals surface area contributed by atoms with Crippen molar-refractivity contribution in [1.29, 1.82) is 0 Å². The summed E-state index contributed by atoms with van der Waals surface area (Å²) in [5.41, 5.74) is 6.86. The monoisotopic (exact) mass is 253 g/mol. The lowest BCUT2D eigenvalue weighted by Crippen LogP contribution is -2.37. The lowest BCUT2D eigenvalue weighted by molar-refractivity contribution is 0.0970. The van der Waals surface area contributed by atoms with Gasteiger partial charge in [-0.1, -0.05) is 6.92 Å². The number of hydrogen-bond donors (Lipinski definition) is 1. The number of alkyl halides is 1. The van der Waals surface area contributed by atoms with Gasteiger partial charge in [-0.15, -0.1) is 0 Å². The van der Waals surface area contributed by atoms with E-state index in [2.05, 4.69) is 25.0 Å². The number of nitrogens with two attached hydrogens (primary N) is 1. The maximum Gasteiger partial charge on any atom is 0.116 e. The van der Waals surface area contributed by atoms with Gasteiger partial charge in [0.2, 0.25) is 0 Å². The molecule has 2 rings (SSSR count). The molecular weight excluding hydrogens is 229 g/mol. The van der Waals surface area contributed by atoms with Gasteiger partial charge >= 0.3 is 0 Å². The van der Waals surface area contributed by atoms with Crippen molar-refractivity contribution >= 4 is 0 Å². The van der Waals surface area contributed by atoms with Gasteiger partial charge in [-0.3, -0.25) is 4.68 Å². The fourth-order valence-electron chi connectivity index (χ4n) is 2.76. The van der Waals surface area contributed by atoms with Crippen molar-refractivity contribution in [3.8, 4) is 0 Å². The number of halogens is 1. The van der Waals surface area contributed by atoms with Crippen molar-refractivity contribution in [2.45, 2.75) is 70.6 Å². The number of nitrogens with zero attached hydrogens (tertiary/aromatic N) is 2. The predicted molar refractivity (Wildman–Crippen MR) is 71.3 cm³/mol. The van der Waals surface area contributed by atoms with E-state index in [1.807, 2.05) is 4.68 Å². The molecule has 1 fully saturated rings. The van der Waals surface area contributed by atoms with Gasteiger partial charge in [0.05, 0.1) is 5.69 Å². The average Bonchev–Trinajstić information content (AvgIpc) is 2.75. The standard InChI is InChI=1S/C14H24FN3/c1-3-12-9-13(18(4-2)17-12)10-14(15)7-5-11(16)6-8-14/h9,11H,3-8,10,16H2,1-2H3. The minimum atomic E-state index is -1.08. The van der Waals surface area contributed by atoms with Crippen LogP contribution in [0.4, 0.5) is 4.39 Å². The zero-order valence-electron chi connectivity index (χ0n) is 11.5. The fraction of sp³-hybridized carbons (Fsp3) is 0.786. The van der Waals surface area contributed by atoms with Crippen LogP contribution in [0.5, 0.6) is 0 Å².